The van der Waals surface area contributed by atoms with E-state index in [9.17, 15) is 0 Å². The van der Waals surface area contributed by atoms with E-state index in [-0.39, 0.29) is 0 Å². The molecule has 0 radical (unpaired) electrons. The van der Waals surface area contributed by atoms with Gasteiger partial charge in [0.2, 0.25) is 0 Å². The van der Waals surface area contributed by atoms with E-state index in [1.54, 1.807) is 0 Å². The molecule has 66 valence electrons. The summed E-state index contributed by atoms with van der Waals surface area (Å²) in [4.78, 5) is 4.20. The summed E-state index contributed by atoms with van der Waals surface area (Å²) in [5.74, 6) is 0. The van der Waals surface area contributed by atoms with E-state index in [1.807, 2.05) is 19.2 Å². The van der Waals surface area contributed by atoms with Crippen molar-refractivity contribution in [3.8, 4) is 0 Å². The molecule has 1 heterocycles. The van der Waals surface area contributed by atoms with Crippen molar-refractivity contribution in [3.63, 3.8) is 0 Å². The molecule has 0 aromatic carbocycles. The largest absolute Gasteiger partial charge is 0.384 e. The first-order valence-corrected chi connectivity index (χ1v) is 4.50. The van der Waals surface area contributed by atoms with Gasteiger partial charge in [-0.3, -0.25) is 4.98 Å². The van der Waals surface area contributed by atoms with Crippen LogP contribution in [0.2, 0.25) is 0 Å². The van der Waals surface area contributed by atoms with Gasteiger partial charge >= 0.3 is 0 Å². The predicted molar refractivity (Wildman–Crippen MR) is 52.4 cm³/mol. The van der Waals surface area contributed by atoms with Gasteiger partial charge in [-0.25, -0.2) is 0 Å². The Labute approximate surface area is 74.0 Å². The number of hydrogen-bond acceptors (Lipinski definition) is 2. The van der Waals surface area contributed by atoms with Crippen molar-refractivity contribution >= 4 is 5.69 Å². The molecule has 2 heteroatoms. The highest BCUT2D eigenvalue weighted by Crippen LogP contribution is 2.09. The van der Waals surface area contributed by atoms with Gasteiger partial charge in [-0.05, 0) is 25.5 Å². The third-order valence-corrected chi connectivity index (χ3v) is 1.85. The van der Waals surface area contributed by atoms with Crippen LogP contribution in [0.25, 0.3) is 0 Å². The van der Waals surface area contributed by atoms with Crippen molar-refractivity contribution in [1.29, 1.82) is 0 Å². The Morgan fingerprint density at radius 1 is 1.50 bits per heavy atom. The molecule has 0 aliphatic rings. The summed E-state index contributed by atoms with van der Waals surface area (Å²) < 4.78 is 0. The fraction of sp³-hybridized carbons (Fsp3) is 0.500. The molecule has 1 aromatic rings. The zero-order valence-electron chi connectivity index (χ0n) is 7.80. The second-order valence-corrected chi connectivity index (χ2v) is 2.92. The molecule has 0 unspecified atom stereocenters. The Balaban J connectivity index is 2.46. The van der Waals surface area contributed by atoms with Crippen molar-refractivity contribution in [2.45, 2.75) is 26.7 Å². The number of rotatable bonds is 4. The summed E-state index contributed by atoms with van der Waals surface area (Å²) in [6, 6.07) is 4.03. The van der Waals surface area contributed by atoms with Crippen LogP contribution in [0.4, 0.5) is 5.69 Å². The van der Waals surface area contributed by atoms with Crippen molar-refractivity contribution in [1.82, 2.24) is 4.98 Å². The molecular formula is C10H16N2. The summed E-state index contributed by atoms with van der Waals surface area (Å²) in [6.07, 6.45) is 4.26. The van der Waals surface area contributed by atoms with Crippen LogP contribution in [-0.4, -0.2) is 11.5 Å². The number of nitrogens with one attached hydrogen (secondary N) is 1. The zero-order valence-corrected chi connectivity index (χ0v) is 7.80. The molecule has 0 amide bonds. The molecule has 0 saturated heterocycles. The van der Waals surface area contributed by atoms with Crippen molar-refractivity contribution in [2.24, 2.45) is 0 Å². The lowest BCUT2D eigenvalue weighted by Gasteiger charge is -2.06. The van der Waals surface area contributed by atoms with Gasteiger partial charge in [0.05, 0.1) is 11.4 Å². The first kappa shape index (κ1) is 9.04. The molecule has 2 nitrogen and oxygen atoms in total. The van der Waals surface area contributed by atoms with Crippen LogP contribution in [-0.2, 0) is 0 Å². The summed E-state index contributed by atoms with van der Waals surface area (Å²) >= 11 is 0. The highest BCUT2D eigenvalue weighted by Gasteiger charge is 1.94. The normalized spacial score (nSPS) is 9.83. The van der Waals surface area contributed by atoms with Gasteiger partial charge in [-0.2, -0.15) is 0 Å². The number of nitrogens with zero attached hydrogens (tertiary/aromatic N) is 1. The van der Waals surface area contributed by atoms with Crippen LogP contribution >= 0.6 is 0 Å². The SMILES string of the molecule is CCCCNc1cccnc1C. The number of aromatic nitrogens is 1. The molecule has 1 rings (SSSR count). The number of anilines is 1. The molecule has 0 saturated carbocycles. The lowest BCUT2D eigenvalue weighted by molar-refractivity contribution is 0.832. The average molecular weight is 164 g/mol. The highest BCUT2D eigenvalue weighted by atomic mass is 14.9. The fourth-order valence-corrected chi connectivity index (χ4v) is 1.07. The summed E-state index contributed by atoms with van der Waals surface area (Å²) in [5, 5.41) is 3.35. The first-order valence-electron chi connectivity index (χ1n) is 4.50. The minimum atomic E-state index is 1.04. The molecule has 1 N–H and O–H groups in total. The minimum absolute atomic E-state index is 1.04. The Morgan fingerprint density at radius 3 is 3.00 bits per heavy atom. The fourth-order valence-electron chi connectivity index (χ4n) is 1.07. The number of hydrogen-bond donors (Lipinski definition) is 1. The van der Waals surface area contributed by atoms with Gasteiger partial charge in [0, 0.05) is 12.7 Å². The van der Waals surface area contributed by atoms with Gasteiger partial charge in [-0.1, -0.05) is 13.3 Å². The van der Waals surface area contributed by atoms with Crippen LogP contribution in [0.3, 0.4) is 0 Å². The van der Waals surface area contributed by atoms with E-state index < -0.39 is 0 Å². The molecule has 0 fully saturated rings. The van der Waals surface area contributed by atoms with Crippen molar-refractivity contribution in [2.75, 3.05) is 11.9 Å². The molecule has 1 aromatic heterocycles. The third kappa shape index (κ3) is 2.53. The maximum Gasteiger partial charge on any atom is 0.0603 e. The minimum Gasteiger partial charge on any atom is -0.384 e. The van der Waals surface area contributed by atoms with Crippen LogP contribution in [0, 0.1) is 6.92 Å². The number of pyridine rings is 1. The lowest BCUT2D eigenvalue weighted by Crippen LogP contribution is -2.02. The second kappa shape index (κ2) is 4.75. The van der Waals surface area contributed by atoms with Crippen LogP contribution in [0.15, 0.2) is 18.3 Å². The van der Waals surface area contributed by atoms with Gasteiger partial charge < -0.3 is 5.32 Å². The second-order valence-electron chi connectivity index (χ2n) is 2.92. The number of aryl methyl sites for hydroxylation is 1. The quantitative estimate of drug-likeness (QED) is 0.692. The summed E-state index contributed by atoms with van der Waals surface area (Å²) in [7, 11) is 0. The van der Waals surface area contributed by atoms with Gasteiger partial charge in [0.15, 0.2) is 0 Å². The molecule has 0 bridgehead atoms. The van der Waals surface area contributed by atoms with E-state index in [4.69, 9.17) is 0 Å². The molecule has 0 aliphatic carbocycles. The van der Waals surface area contributed by atoms with E-state index >= 15 is 0 Å². The lowest BCUT2D eigenvalue weighted by atomic mass is 10.3. The summed E-state index contributed by atoms with van der Waals surface area (Å²) in [5.41, 5.74) is 2.24. The monoisotopic (exact) mass is 164 g/mol. The van der Waals surface area contributed by atoms with Crippen LogP contribution in [0.5, 0.6) is 0 Å². The Hall–Kier alpha value is -1.05. The molecular weight excluding hydrogens is 148 g/mol. The average Bonchev–Trinajstić information content (AvgIpc) is 2.09. The van der Waals surface area contributed by atoms with Gasteiger partial charge in [-0.15, -0.1) is 0 Å². The Bertz CT molecular complexity index is 233. The molecule has 0 atom stereocenters. The molecule has 12 heavy (non-hydrogen) atoms. The Kier molecular flexibility index (Phi) is 3.58. The molecule has 0 spiro atoms. The predicted octanol–water partition coefficient (Wildman–Crippen LogP) is 2.60. The number of unbranched alkanes of at least 4 members (excludes halogenated alkanes) is 1. The topological polar surface area (TPSA) is 24.9 Å². The standard InChI is InChI=1S/C10H16N2/c1-3-4-7-12-10-6-5-8-11-9(10)2/h5-6,8,12H,3-4,7H2,1-2H3. The van der Waals surface area contributed by atoms with Gasteiger partial charge in [0.1, 0.15) is 0 Å². The zero-order chi connectivity index (χ0) is 8.81. The smallest absolute Gasteiger partial charge is 0.0603 e. The van der Waals surface area contributed by atoms with Gasteiger partial charge in [0.25, 0.3) is 0 Å². The Morgan fingerprint density at radius 2 is 2.33 bits per heavy atom. The maximum atomic E-state index is 4.20. The van der Waals surface area contributed by atoms with E-state index in [0.717, 1.165) is 17.9 Å². The third-order valence-electron chi connectivity index (χ3n) is 1.85. The van der Waals surface area contributed by atoms with Crippen LogP contribution < -0.4 is 5.32 Å². The summed E-state index contributed by atoms with van der Waals surface area (Å²) in [6.45, 7) is 5.26. The van der Waals surface area contributed by atoms with Crippen molar-refractivity contribution in [3.05, 3.63) is 24.0 Å². The van der Waals surface area contributed by atoms with E-state index in [0.29, 0.717) is 0 Å². The highest BCUT2D eigenvalue weighted by molar-refractivity contribution is 5.46. The first-order chi connectivity index (χ1) is 5.84. The van der Waals surface area contributed by atoms with E-state index in [1.165, 1.54) is 12.8 Å². The maximum absolute atomic E-state index is 4.20. The molecule has 0 aliphatic heterocycles. The van der Waals surface area contributed by atoms with Crippen LogP contribution in [0.1, 0.15) is 25.5 Å². The van der Waals surface area contributed by atoms with E-state index in [2.05, 4.69) is 23.3 Å². The van der Waals surface area contributed by atoms with Crippen molar-refractivity contribution < 1.29 is 0 Å².